The van der Waals surface area contributed by atoms with Crippen LogP contribution in [0, 0.1) is 0 Å². The lowest BCUT2D eigenvalue weighted by atomic mass is 10.1. The van der Waals surface area contributed by atoms with Crippen LogP contribution in [-0.4, -0.2) is 48.6 Å². The average molecular weight is 357 g/mol. The summed E-state index contributed by atoms with van der Waals surface area (Å²) in [6, 6.07) is 1.92. The van der Waals surface area contributed by atoms with E-state index in [0.29, 0.717) is 37.1 Å². The van der Waals surface area contributed by atoms with Gasteiger partial charge in [-0.25, -0.2) is 4.79 Å². The van der Waals surface area contributed by atoms with Gasteiger partial charge in [-0.05, 0) is 32.9 Å². The number of thiol groups is 1. The monoisotopic (exact) mass is 357 g/mol. The number of aliphatic carboxylic acids is 1. The second kappa shape index (κ2) is 9.92. The maximum atomic E-state index is 12.3. The lowest BCUT2D eigenvalue weighted by Gasteiger charge is -2.18. The summed E-state index contributed by atoms with van der Waals surface area (Å²) in [7, 11) is 0. The van der Waals surface area contributed by atoms with Crippen LogP contribution in [0.1, 0.15) is 31.1 Å². The van der Waals surface area contributed by atoms with Crippen LogP contribution in [0.4, 0.5) is 0 Å². The van der Waals surface area contributed by atoms with Gasteiger partial charge in [0.2, 0.25) is 5.75 Å². The van der Waals surface area contributed by atoms with Crippen molar-refractivity contribution in [2.75, 3.05) is 25.6 Å². The highest BCUT2D eigenvalue weighted by atomic mass is 32.1. The van der Waals surface area contributed by atoms with Gasteiger partial charge in [0.25, 0.3) is 5.91 Å². The van der Waals surface area contributed by atoms with Gasteiger partial charge in [0.05, 0.1) is 19.8 Å². The first-order valence-electron chi connectivity index (χ1n) is 7.69. The number of benzene rings is 1. The van der Waals surface area contributed by atoms with E-state index in [0.717, 1.165) is 0 Å². The fraction of sp³-hybridized carbons (Fsp3) is 0.500. The minimum Gasteiger partial charge on any atom is -0.490 e. The molecule has 0 saturated carbocycles. The molecule has 2 N–H and O–H groups in total. The maximum Gasteiger partial charge on any atom is 0.327 e. The Morgan fingerprint density at radius 1 is 1.08 bits per heavy atom. The maximum absolute atomic E-state index is 12.3. The van der Waals surface area contributed by atoms with Gasteiger partial charge in [0.15, 0.2) is 11.5 Å². The second-order valence-electron chi connectivity index (χ2n) is 4.65. The van der Waals surface area contributed by atoms with Gasteiger partial charge in [-0.2, -0.15) is 12.6 Å². The molecule has 0 aliphatic heterocycles. The third-order valence-corrected chi connectivity index (χ3v) is 3.32. The highest BCUT2D eigenvalue weighted by Gasteiger charge is 2.22. The Morgan fingerprint density at radius 2 is 1.58 bits per heavy atom. The van der Waals surface area contributed by atoms with Crippen molar-refractivity contribution >= 4 is 24.5 Å². The van der Waals surface area contributed by atoms with Crippen LogP contribution in [0.3, 0.4) is 0 Å². The Kier molecular flexibility index (Phi) is 8.25. The van der Waals surface area contributed by atoms with Crippen molar-refractivity contribution in [3.8, 4) is 17.2 Å². The lowest BCUT2D eigenvalue weighted by molar-refractivity contribution is -0.138. The topological polar surface area (TPSA) is 94.1 Å². The van der Waals surface area contributed by atoms with Crippen molar-refractivity contribution in [1.29, 1.82) is 0 Å². The summed E-state index contributed by atoms with van der Waals surface area (Å²) in [4.78, 5) is 23.4. The molecular formula is C16H23NO6S. The van der Waals surface area contributed by atoms with Crippen LogP contribution in [-0.2, 0) is 4.79 Å². The Morgan fingerprint density at radius 3 is 1.96 bits per heavy atom. The zero-order chi connectivity index (χ0) is 18.1. The van der Waals surface area contributed by atoms with E-state index in [9.17, 15) is 9.59 Å². The minimum absolute atomic E-state index is 0.0191. The van der Waals surface area contributed by atoms with E-state index < -0.39 is 17.9 Å². The van der Waals surface area contributed by atoms with E-state index in [1.54, 1.807) is 0 Å². The molecule has 0 spiro atoms. The molecule has 7 nitrogen and oxygen atoms in total. The first-order chi connectivity index (χ1) is 11.5. The van der Waals surface area contributed by atoms with Crippen LogP contribution < -0.4 is 19.5 Å². The van der Waals surface area contributed by atoms with E-state index in [2.05, 4.69) is 17.9 Å². The van der Waals surface area contributed by atoms with E-state index in [1.807, 2.05) is 20.8 Å². The molecule has 0 saturated heterocycles. The molecule has 1 unspecified atom stereocenters. The first-order valence-corrected chi connectivity index (χ1v) is 8.32. The van der Waals surface area contributed by atoms with Crippen LogP contribution in [0.5, 0.6) is 17.2 Å². The van der Waals surface area contributed by atoms with E-state index >= 15 is 0 Å². The highest BCUT2D eigenvalue weighted by molar-refractivity contribution is 7.80. The van der Waals surface area contributed by atoms with E-state index in [4.69, 9.17) is 19.3 Å². The Balaban J connectivity index is 3.22. The second-order valence-corrected chi connectivity index (χ2v) is 5.01. The van der Waals surface area contributed by atoms with Crippen LogP contribution in [0.2, 0.25) is 0 Å². The summed E-state index contributed by atoms with van der Waals surface area (Å²) in [5, 5.41) is 11.4. The van der Waals surface area contributed by atoms with E-state index in [1.165, 1.54) is 12.1 Å². The SMILES string of the molecule is CCOc1cc(C(=O)NC(CS)C(=O)O)cc(OCC)c1OCC. The zero-order valence-corrected chi connectivity index (χ0v) is 14.9. The number of nitrogens with one attached hydrogen (secondary N) is 1. The smallest absolute Gasteiger partial charge is 0.327 e. The van der Waals surface area contributed by atoms with Gasteiger partial charge in [0, 0.05) is 11.3 Å². The van der Waals surface area contributed by atoms with Gasteiger partial charge in [-0.1, -0.05) is 0 Å². The van der Waals surface area contributed by atoms with Gasteiger partial charge in [-0.3, -0.25) is 4.79 Å². The van der Waals surface area contributed by atoms with Gasteiger partial charge in [-0.15, -0.1) is 0 Å². The molecule has 24 heavy (non-hydrogen) atoms. The normalized spacial score (nSPS) is 11.5. The number of hydrogen-bond donors (Lipinski definition) is 3. The molecule has 0 bridgehead atoms. The summed E-state index contributed by atoms with van der Waals surface area (Å²) < 4.78 is 16.6. The Hall–Kier alpha value is -2.09. The predicted octanol–water partition coefficient (Wildman–Crippen LogP) is 2.00. The number of hydrogen-bond acceptors (Lipinski definition) is 6. The molecule has 1 rings (SSSR count). The predicted molar refractivity (Wildman–Crippen MR) is 92.7 cm³/mol. The summed E-state index contributed by atoms with van der Waals surface area (Å²) in [5.74, 6) is -0.571. The molecular weight excluding hydrogens is 334 g/mol. The highest BCUT2D eigenvalue weighted by Crippen LogP contribution is 2.39. The van der Waals surface area contributed by atoms with Crippen molar-refractivity contribution in [2.45, 2.75) is 26.8 Å². The number of carbonyl (C=O) groups is 2. The number of carboxylic acids is 1. The number of amides is 1. The average Bonchev–Trinajstić information content (AvgIpc) is 2.55. The van der Waals surface area contributed by atoms with Crippen molar-refractivity contribution in [3.63, 3.8) is 0 Å². The van der Waals surface area contributed by atoms with Gasteiger partial charge >= 0.3 is 5.97 Å². The fourth-order valence-electron chi connectivity index (χ4n) is 1.95. The number of carbonyl (C=O) groups excluding carboxylic acids is 1. The molecule has 1 atom stereocenters. The molecule has 8 heteroatoms. The number of carboxylic acid groups (broad SMARTS) is 1. The van der Waals surface area contributed by atoms with E-state index in [-0.39, 0.29) is 11.3 Å². The number of ether oxygens (including phenoxy) is 3. The van der Waals surface area contributed by atoms with Crippen LogP contribution in [0.25, 0.3) is 0 Å². The molecule has 1 aromatic carbocycles. The van der Waals surface area contributed by atoms with Gasteiger partial charge in [0.1, 0.15) is 6.04 Å². The standard InChI is InChI=1S/C16H23NO6S/c1-4-21-12-7-10(15(18)17-11(9-24)16(19)20)8-13(22-5-2)14(12)23-6-3/h7-8,11,24H,4-6,9H2,1-3H3,(H,17,18)(H,19,20). The molecule has 0 aromatic heterocycles. The quantitative estimate of drug-likeness (QED) is 0.555. The lowest BCUT2D eigenvalue weighted by Crippen LogP contribution is -2.42. The Labute approximate surface area is 146 Å². The summed E-state index contributed by atoms with van der Waals surface area (Å²) in [6.45, 7) is 6.62. The molecule has 0 radical (unpaired) electrons. The minimum atomic E-state index is -1.15. The Bertz CT molecular complexity index is 551. The third-order valence-electron chi connectivity index (χ3n) is 2.96. The largest absolute Gasteiger partial charge is 0.490 e. The van der Waals surface area contributed by atoms with Gasteiger partial charge < -0.3 is 24.6 Å². The molecule has 0 aliphatic rings. The van der Waals surface area contributed by atoms with Crippen molar-refractivity contribution in [3.05, 3.63) is 17.7 Å². The summed E-state index contributed by atoms with van der Waals surface area (Å²) in [6.07, 6.45) is 0. The van der Waals surface area contributed by atoms with Crippen molar-refractivity contribution < 1.29 is 28.9 Å². The molecule has 0 heterocycles. The number of rotatable bonds is 10. The molecule has 0 fully saturated rings. The first kappa shape index (κ1) is 20.0. The van der Waals surface area contributed by atoms with Crippen molar-refractivity contribution in [2.24, 2.45) is 0 Å². The molecule has 134 valence electrons. The fourth-order valence-corrected chi connectivity index (χ4v) is 2.19. The molecule has 1 amide bonds. The van der Waals surface area contributed by atoms with Crippen molar-refractivity contribution in [1.82, 2.24) is 5.32 Å². The zero-order valence-electron chi connectivity index (χ0n) is 14.0. The summed E-state index contributed by atoms with van der Waals surface area (Å²) >= 11 is 3.93. The van der Waals surface area contributed by atoms with Crippen LogP contribution >= 0.6 is 12.6 Å². The molecule has 0 aliphatic carbocycles. The van der Waals surface area contributed by atoms with Crippen LogP contribution in [0.15, 0.2) is 12.1 Å². The third kappa shape index (κ3) is 5.23. The molecule has 1 aromatic rings. The summed E-state index contributed by atoms with van der Waals surface area (Å²) in [5.41, 5.74) is 0.221.